The van der Waals surface area contributed by atoms with Gasteiger partial charge in [0.2, 0.25) is 5.91 Å². The summed E-state index contributed by atoms with van der Waals surface area (Å²) in [5.41, 5.74) is 2.80. The van der Waals surface area contributed by atoms with Crippen molar-refractivity contribution in [2.45, 2.75) is 12.8 Å². The van der Waals surface area contributed by atoms with Crippen LogP contribution in [-0.2, 0) is 11.8 Å². The average Bonchev–Trinajstić information content (AvgIpc) is 3.08. The molecule has 25 heavy (non-hydrogen) atoms. The number of fused-ring (bicyclic) bond motifs is 1. The molecular formula is C18H20N6O. The molecule has 3 aromatic rings. The summed E-state index contributed by atoms with van der Waals surface area (Å²) in [6, 6.07) is 3.92. The molecule has 128 valence electrons. The van der Waals surface area contributed by atoms with Crippen molar-refractivity contribution in [2.75, 3.05) is 18.4 Å². The fraction of sp³-hybridized carbons (Fsp3) is 0.333. The minimum atomic E-state index is 0.0460. The van der Waals surface area contributed by atoms with Crippen LogP contribution in [0.4, 0.5) is 5.82 Å². The minimum Gasteiger partial charge on any atom is -0.317 e. The van der Waals surface area contributed by atoms with Gasteiger partial charge in [-0.1, -0.05) is 0 Å². The number of nitrogens with one attached hydrogen (secondary N) is 2. The van der Waals surface area contributed by atoms with Crippen molar-refractivity contribution in [3.8, 4) is 11.1 Å². The molecule has 0 saturated carbocycles. The standard InChI is InChI=1S/C18H20N6O/c1-24-11-15(9-22-24)14-6-13-7-17(21-10-16(13)20-8-14)23-18(25)12-2-4-19-5-3-12/h6-12,19H,2-5H2,1H3,(H,21,23,25). The third-order valence-corrected chi connectivity index (χ3v) is 4.57. The van der Waals surface area contributed by atoms with Gasteiger partial charge in [0.05, 0.1) is 17.9 Å². The summed E-state index contributed by atoms with van der Waals surface area (Å²) in [6.07, 6.45) is 9.00. The molecule has 3 aromatic heterocycles. The number of piperidine rings is 1. The van der Waals surface area contributed by atoms with Crippen molar-refractivity contribution in [3.63, 3.8) is 0 Å². The van der Waals surface area contributed by atoms with Crippen LogP contribution >= 0.6 is 0 Å². The Morgan fingerprint density at radius 3 is 2.76 bits per heavy atom. The molecule has 0 radical (unpaired) electrons. The first-order valence-electron chi connectivity index (χ1n) is 8.45. The third-order valence-electron chi connectivity index (χ3n) is 4.57. The predicted molar refractivity (Wildman–Crippen MR) is 96.0 cm³/mol. The van der Waals surface area contributed by atoms with E-state index in [0.717, 1.165) is 48.0 Å². The van der Waals surface area contributed by atoms with Crippen LogP contribution in [0.25, 0.3) is 22.0 Å². The highest BCUT2D eigenvalue weighted by Crippen LogP contribution is 2.23. The molecule has 0 unspecified atom stereocenters. The van der Waals surface area contributed by atoms with Gasteiger partial charge in [0, 0.05) is 41.9 Å². The van der Waals surface area contributed by atoms with Crippen LogP contribution < -0.4 is 10.6 Å². The van der Waals surface area contributed by atoms with E-state index in [1.54, 1.807) is 10.9 Å². The van der Waals surface area contributed by atoms with Crippen molar-refractivity contribution < 1.29 is 4.79 Å². The summed E-state index contributed by atoms with van der Waals surface area (Å²) in [7, 11) is 1.89. The second-order valence-electron chi connectivity index (χ2n) is 6.40. The zero-order chi connectivity index (χ0) is 17.2. The Bertz CT molecular complexity index is 913. The SMILES string of the molecule is Cn1cc(-c2cnc3cnc(NC(=O)C4CCNCC4)cc3c2)cn1. The fourth-order valence-corrected chi connectivity index (χ4v) is 3.14. The Balaban J connectivity index is 1.59. The van der Waals surface area contributed by atoms with E-state index in [2.05, 4.69) is 25.7 Å². The molecule has 1 aliphatic rings. The maximum absolute atomic E-state index is 12.4. The van der Waals surface area contributed by atoms with Gasteiger partial charge in [-0.25, -0.2) is 4.98 Å². The van der Waals surface area contributed by atoms with Crippen molar-refractivity contribution in [2.24, 2.45) is 13.0 Å². The molecule has 2 N–H and O–H groups in total. The van der Waals surface area contributed by atoms with E-state index in [1.807, 2.05) is 37.8 Å². The lowest BCUT2D eigenvalue weighted by atomic mass is 9.97. The minimum absolute atomic E-state index is 0.0460. The largest absolute Gasteiger partial charge is 0.317 e. The molecule has 0 bridgehead atoms. The van der Waals surface area contributed by atoms with Gasteiger partial charge in [0.25, 0.3) is 0 Å². The summed E-state index contributed by atoms with van der Waals surface area (Å²) in [4.78, 5) is 21.2. The highest BCUT2D eigenvalue weighted by Gasteiger charge is 2.21. The molecule has 4 heterocycles. The number of hydrogen-bond acceptors (Lipinski definition) is 5. The van der Waals surface area contributed by atoms with Gasteiger partial charge in [0.1, 0.15) is 5.82 Å². The first-order valence-corrected chi connectivity index (χ1v) is 8.45. The van der Waals surface area contributed by atoms with E-state index in [4.69, 9.17) is 0 Å². The summed E-state index contributed by atoms with van der Waals surface area (Å²) in [5.74, 6) is 0.671. The van der Waals surface area contributed by atoms with Crippen LogP contribution in [-0.4, -0.2) is 38.7 Å². The van der Waals surface area contributed by atoms with E-state index in [9.17, 15) is 4.79 Å². The molecule has 1 saturated heterocycles. The number of nitrogens with zero attached hydrogens (tertiary/aromatic N) is 4. The van der Waals surface area contributed by atoms with E-state index in [1.165, 1.54) is 0 Å². The summed E-state index contributed by atoms with van der Waals surface area (Å²) < 4.78 is 1.76. The zero-order valence-corrected chi connectivity index (χ0v) is 14.1. The quantitative estimate of drug-likeness (QED) is 0.764. The molecule has 0 spiro atoms. The van der Waals surface area contributed by atoms with Crippen molar-refractivity contribution in [1.29, 1.82) is 0 Å². The number of hydrogen-bond donors (Lipinski definition) is 2. The lowest BCUT2D eigenvalue weighted by Crippen LogP contribution is -2.34. The van der Waals surface area contributed by atoms with E-state index < -0.39 is 0 Å². The molecule has 7 heteroatoms. The highest BCUT2D eigenvalue weighted by atomic mass is 16.1. The zero-order valence-electron chi connectivity index (χ0n) is 14.1. The molecule has 1 amide bonds. The Kier molecular flexibility index (Phi) is 4.15. The van der Waals surface area contributed by atoms with E-state index >= 15 is 0 Å². The van der Waals surface area contributed by atoms with Gasteiger partial charge in [-0.15, -0.1) is 0 Å². The molecule has 1 fully saturated rings. The molecule has 4 rings (SSSR count). The van der Waals surface area contributed by atoms with Gasteiger partial charge >= 0.3 is 0 Å². The second kappa shape index (κ2) is 6.60. The van der Waals surface area contributed by atoms with Crippen LogP contribution in [0.3, 0.4) is 0 Å². The number of carbonyl (C=O) groups is 1. The van der Waals surface area contributed by atoms with Crippen LogP contribution in [0.1, 0.15) is 12.8 Å². The van der Waals surface area contributed by atoms with Gasteiger partial charge in [-0.2, -0.15) is 5.10 Å². The summed E-state index contributed by atoms with van der Waals surface area (Å²) >= 11 is 0. The fourth-order valence-electron chi connectivity index (χ4n) is 3.14. The number of aryl methyl sites for hydroxylation is 1. The van der Waals surface area contributed by atoms with Crippen molar-refractivity contribution in [3.05, 3.63) is 36.9 Å². The molecule has 7 nitrogen and oxygen atoms in total. The van der Waals surface area contributed by atoms with Crippen molar-refractivity contribution >= 4 is 22.6 Å². The number of anilines is 1. The highest BCUT2D eigenvalue weighted by molar-refractivity contribution is 5.94. The second-order valence-corrected chi connectivity index (χ2v) is 6.40. The Hall–Kier alpha value is -2.80. The number of carbonyl (C=O) groups excluding carboxylic acids is 1. The van der Waals surface area contributed by atoms with E-state index in [-0.39, 0.29) is 11.8 Å². The topological polar surface area (TPSA) is 84.7 Å². The molecule has 1 aliphatic heterocycles. The summed E-state index contributed by atoms with van der Waals surface area (Å²) in [6.45, 7) is 1.78. The van der Waals surface area contributed by atoms with Gasteiger partial charge < -0.3 is 10.6 Å². The molecule has 0 aliphatic carbocycles. The van der Waals surface area contributed by atoms with Gasteiger partial charge in [0.15, 0.2) is 0 Å². The number of pyridine rings is 2. The van der Waals surface area contributed by atoms with Crippen LogP contribution in [0, 0.1) is 5.92 Å². The smallest absolute Gasteiger partial charge is 0.228 e. The van der Waals surface area contributed by atoms with Gasteiger partial charge in [-0.3, -0.25) is 14.5 Å². The molecule has 0 aromatic carbocycles. The third kappa shape index (κ3) is 3.36. The molecule has 0 atom stereocenters. The van der Waals surface area contributed by atoms with Crippen LogP contribution in [0.15, 0.2) is 36.9 Å². The predicted octanol–water partition coefficient (Wildman–Crippen LogP) is 1.97. The lowest BCUT2D eigenvalue weighted by molar-refractivity contribution is -0.120. The van der Waals surface area contributed by atoms with Crippen LogP contribution in [0.5, 0.6) is 0 Å². The Morgan fingerprint density at radius 1 is 1.16 bits per heavy atom. The average molecular weight is 336 g/mol. The Labute approximate surface area is 145 Å². The maximum Gasteiger partial charge on any atom is 0.228 e. The number of aromatic nitrogens is 4. The number of amides is 1. The maximum atomic E-state index is 12.4. The first kappa shape index (κ1) is 15.7. The van der Waals surface area contributed by atoms with Crippen molar-refractivity contribution in [1.82, 2.24) is 25.1 Å². The Morgan fingerprint density at radius 2 is 2.00 bits per heavy atom. The lowest BCUT2D eigenvalue weighted by Gasteiger charge is -2.21. The number of rotatable bonds is 3. The summed E-state index contributed by atoms with van der Waals surface area (Å²) in [5, 5.41) is 11.4. The first-order chi connectivity index (χ1) is 12.2. The monoisotopic (exact) mass is 336 g/mol. The van der Waals surface area contributed by atoms with Gasteiger partial charge in [-0.05, 0) is 38.1 Å². The normalized spacial score (nSPS) is 15.4. The van der Waals surface area contributed by atoms with E-state index in [0.29, 0.717) is 5.82 Å². The molecular weight excluding hydrogens is 316 g/mol. The van der Waals surface area contributed by atoms with Crippen LogP contribution in [0.2, 0.25) is 0 Å².